The number of hydrogen-bond donors (Lipinski definition) is 1. The van der Waals surface area contributed by atoms with Gasteiger partial charge in [-0.2, -0.15) is 0 Å². The lowest BCUT2D eigenvalue weighted by atomic mass is 9.84. The van der Waals surface area contributed by atoms with Gasteiger partial charge in [0.05, 0.1) is 0 Å². The van der Waals surface area contributed by atoms with Gasteiger partial charge in [-0.15, -0.1) is 0 Å². The third-order valence-electron chi connectivity index (χ3n) is 4.75. The molecule has 0 aliphatic carbocycles. The molecule has 118 valence electrons. The Balaban J connectivity index is 1.99. The Kier molecular flexibility index (Phi) is 10.00. The second kappa shape index (κ2) is 11.3. The zero-order valence-electron chi connectivity index (χ0n) is 13.8. The van der Waals surface area contributed by atoms with E-state index in [1.165, 1.54) is 51.4 Å². The Bertz CT molecular complexity index is 246. The lowest BCUT2D eigenvalue weighted by Gasteiger charge is -2.28. The summed E-state index contributed by atoms with van der Waals surface area (Å²) in [5.41, 5.74) is 0. The van der Waals surface area contributed by atoms with E-state index < -0.39 is 0 Å². The second-order valence-electron chi connectivity index (χ2n) is 6.70. The average molecular weight is 281 g/mol. The fourth-order valence-corrected chi connectivity index (χ4v) is 3.27. The van der Waals surface area contributed by atoms with Crippen molar-refractivity contribution in [3.63, 3.8) is 0 Å². The van der Waals surface area contributed by atoms with Crippen LogP contribution < -0.4 is 5.32 Å². The fourth-order valence-electron chi connectivity index (χ4n) is 3.27. The third-order valence-corrected chi connectivity index (χ3v) is 4.75. The van der Waals surface area contributed by atoms with E-state index in [0.717, 1.165) is 38.3 Å². The van der Waals surface area contributed by atoms with Gasteiger partial charge in [0.25, 0.3) is 0 Å². The zero-order valence-corrected chi connectivity index (χ0v) is 13.8. The summed E-state index contributed by atoms with van der Waals surface area (Å²) in [5.74, 6) is 1.79. The van der Waals surface area contributed by atoms with E-state index in [4.69, 9.17) is 0 Å². The fraction of sp³-hybridized carbons (Fsp3) is 0.944. The van der Waals surface area contributed by atoms with Crippen molar-refractivity contribution < 1.29 is 4.79 Å². The molecule has 0 aromatic rings. The molecule has 20 heavy (non-hydrogen) atoms. The average Bonchev–Trinajstić information content (AvgIpc) is 2.47. The number of nitrogens with one attached hydrogen (secondary N) is 1. The molecule has 1 heterocycles. The van der Waals surface area contributed by atoms with Crippen LogP contribution in [0.5, 0.6) is 0 Å². The quantitative estimate of drug-likeness (QED) is 0.555. The first-order chi connectivity index (χ1) is 9.74. The largest absolute Gasteiger partial charge is 0.316 e. The number of hydrogen-bond acceptors (Lipinski definition) is 2. The van der Waals surface area contributed by atoms with Gasteiger partial charge in [-0.25, -0.2) is 0 Å². The van der Waals surface area contributed by atoms with E-state index in [1.54, 1.807) is 0 Å². The summed E-state index contributed by atoms with van der Waals surface area (Å²) in [6.45, 7) is 6.79. The summed E-state index contributed by atoms with van der Waals surface area (Å²) in [4.78, 5) is 12.0. The Hall–Kier alpha value is -0.370. The van der Waals surface area contributed by atoms with E-state index in [2.05, 4.69) is 19.2 Å². The molecule has 2 unspecified atom stereocenters. The van der Waals surface area contributed by atoms with Gasteiger partial charge in [-0.1, -0.05) is 52.4 Å². The Labute approximate surface area is 126 Å². The van der Waals surface area contributed by atoms with Crippen molar-refractivity contribution in [1.29, 1.82) is 0 Å². The molecule has 0 aromatic heterocycles. The van der Waals surface area contributed by atoms with Gasteiger partial charge in [0.1, 0.15) is 5.78 Å². The van der Waals surface area contributed by atoms with Crippen LogP contribution in [0.15, 0.2) is 0 Å². The van der Waals surface area contributed by atoms with Crippen molar-refractivity contribution in [2.75, 3.05) is 13.1 Å². The molecule has 2 atom stereocenters. The van der Waals surface area contributed by atoms with Crippen LogP contribution in [-0.2, 0) is 4.79 Å². The minimum Gasteiger partial charge on any atom is -0.316 e. The lowest BCUT2D eigenvalue weighted by molar-refractivity contribution is -0.120. The van der Waals surface area contributed by atoms with Crippen LogP contribution in [0.2, 0.25) is 0 Å². The van der Waals surface area contributed by atoms with Gasteiger partial charge in [0.2, 0.25) is 0 Å². The van der Waals surface area contributed by atoms with Gasteiger partial charge < -0.3 is 5.32 Å². The van der Waals surface area contributed by atoms with Crippen molar-refractivity contribution in [3.8, 4) is 0 Å². The molecular weight excluding hydrogens is 246 g/mol. The van der Waals surface area contributed by atoms with Crippen LogP contribution in [0, 0.1) is 11.8 Å². The van der Waals surface area contributed by atoms with Gasteiger partial charge in [0.15, 0.2) is 0 Å². The molecule has 1 aliphatic heterocycles. The van der Waals surface area contributed by atoms with Crippen molar-refractivity contribution in [3.05, 3.63) is 0 Å². The minimum absolute atomic E-state index is 0.497. The summed E-state index contributed by atoms with van der Waals surface area (Å²) in [7, 11) is 0. The summed E-state index contributed by atoms with van der Waals surface area (Å²) in [6, 6.07) is 0. The van der Waals surface area contributed by atoms with E-state index in [9.17, 15) is 4.79 Å². The van der Waals surface area contributed by atoms with Crippen LogP contribution in [-0.4, -0.2) is 18.9 Å². The first kappa shape index (κ1) is 17.7. The molecule has 0 radical (unpaired) electrons. The highest BCUT2D eigenvalue weighted by molar-refractivity contribution is 5.78. The van der Waals surface area contributed by atoms with E-state index in [0.29, 0.717) is 11.7 Å². The lowest BCUT2D eigenvalue weighted by Crippen LogP contribution is -2.33. The molecule has 1 aliphatic rings. The van der Waals surface area contributed by atoms with Crippen LogP contribution in [0.25, 0.3) is 0 Å². The third kappa shape index (κ3) is 8.04. The van der Waals surface area contributed by atoms with Gasteiger partial charge in [0, 0.05) is 12.8 Å². The van der Waals surface area contributed by atoms with Crippen molar-refractivity contribution in [1.82, 2.24) is 5.32 Å². The maximum Gasteiger partial charge on any atom is 0.133 e. The number of rotatable bonds is 11. The monoisotopic (exact) mass is 281 g/mol. The molecular formula is C18H35NO. The number of piperidine rings is 1. The second-order valence-corrected chi connectivity index (χ2v) is 6.70. The molecule has 1 N–H and O–H groups in total. The van der Waals surface area contributed by atoms with Crippen LogP contribution in [0.3, 0.4) is 0 Å². The first-order valence-electron chi connectivity index (χ1n) is 8.96. The van der Waals surface area contributed by atoms with Gasteiger partial charge in [-0.3, -0.25) is 4.79 Å². The molecule has 0 bridgehead atoms. The molecule has 1 fully saturated rings. The van der Waals surface area contributed by atoms with Crippen molar-refractivity contribution in [2.24, 2.45) is 11.8 Å². The van der Waals surface area contributed by atoms with Crippen molar-refractivity contribution >= 4 is 5.78 Å². The zero-order chi connectivity index (χ0) is 14.6. The summed E-state index contributed by atoms with van der Waals surface area (Å²) >= 11 is 0. The highest BCUT2D eigenvalue weighted by Crippen LogP contribution is 2.23. The molecule has 2 nitrogen and oxygen atoms in total. The molecule has 0 aromatic carbocycles. The number of Topliss-reactive ketones (excluding diaryl/α,β-unsaturated/α-hetero) is 1. The highest BCUT2D eigenvalue weighted by Gasteiger charge is 2.21. The van der Waals surface area contributed by atoms with E-state index in [1.807, 2.05) is 0 Å². The molecule has 0 amide bonds. The predicted octanol–water partition coefficient (Wildman–Crippen LogP) is 4.72. The Morgan fingerprint density at radius 2 is 1.85 bits per heavy atom. The minimum atomic E-state index is 0.497. The molecule has 1 saturated heterocycles. The van der Waals surface area contributed by atoms with Crippen LogP contribution >= 0.6 is 0 Å². The van der Waals surface area contributed by atoms with Crippen LogP contribution in [0.1, 0.15) is 84.5 Å². The van der Waals surface area contributed by atoms with Gasteiger partial charge >= 0.3 is 0 Å². The predicted molar refractivity (Wildman–Crippen MR) is 87.0 cm³/mol. The first-order valence-corrected chi connectivity index (χ1v) is 8.96. The van der Waals surface area contributed by atoms with Gasteiger partial charge in [-0.05, 0) is 44.2 Å². The molecule has 0 saturated carbocycles. The normalized spacial score (nSPS) is 20.8. The molecule has 0 spiro atoms. The van der Waals surface area contributed by atoms with E-state index in [-0.39, 0.29) is 0 Å². The number of ketones is 1. The smallest absolute Gasteiger partial charge is 0.133 e. The highest BCUT2D eigenvalue weighted by atomic mass is 16.1. The maximum absolute atomic E-state index is 12.0. The topological polar surface area (TPSA) is 29.1 Å². The SMILES string of the molecule is CCCCCCCCCC(=O)CC(C)C1CCCNC1. The van der Waals surface area contributed by atoms with Crippen molar-refractivity contribution in [2.45, 2.75) is 84.5 Å². The number of carbonyl (C=O) groups excluding carboxylic acids is 1. The summed E-state index contributed by atoms with van der Waals surface area (Å²) < 4.78 is 0. The number of unbranched alkanes of at least 4 members (excludes halogenated alkanes) is 6. The molecule has 2 heteroatoms. The summed E-state index contributed by atoms with van der Waals surface area (Å²) in [5, 5.41) is 3.45. The Morgan fingerprint density at radius 1 is 1.15 bits per heavy atom. The molecule has 1 rings (SSSR count). The number of carbonyl (C=O) groups is 1. The van der Waals surface area contributed by atoms with Crippen LogP contribution in [0.4, 0.5) is 0 Å². The Morgan fingerprint density at radius 3 is 2.50 bits per heavy atom. The maximum atomic E-state index is 12.0. The summed E-state index contributed by atoms with van der Waals surface area (Å²) in [6.07, 6.45) is 13.3. The van der Waals surface area contributed by atoms with E-state index >= 15 is 0 Å². The standard InChI is InChI=1S/C18H35NO/c1-3-4-5-6-7-8-9-12-18(20)14-16(2)17-11-10-13-19-15-17/h16-17,19H,3-15H2,1-2H3.